The van der Waals surface area contributed by atoms with Crippen LogP contribution in [0.4, 0.5) is 0 Å². The van der Waals surface area contributed by atoms with Crippen LogP contribution < -0.4 is 5.32 Å². The second kappa shape index (κ2) is 5.91. The van der Waals surface area contributed by atoms with Gasteiger partial charge in [0.15, 0.2) is 0 Å². The maximum atomic E-state index is 11.6. The molecule has 0 radical (unpaired) electrons. The van der Waals surface area contributed by atoms with Crippen LogP contribution in [0.3, 0.4) is 0 Å². The molecule has 1 amide bonds. The molecule has 0 aromatic heterocycles. The molecule has 0 saturated heterocycles. The van der Waals surface area contributed by atoms with E-state index in [2.05, 4.69) is 21.2 Å². The Kier molecular flexibility index (Phi) is 4.82. The smallest absolute Gasteiger partial charge is 0.234 e. The Balaban J connectivity index is 2.56. The fourth-order valence-electron chi connectivity index (χ4n) is 1.31. The fourth-order valence-corrected chi connectivity index (χ4v) is 1.45. The van der Waals surface area contributed by atoms with Gasteiger partial charge in [0, 0.05) is 0 Å². The first-order chi connectivity index (χ1) is 7.15. The van der Waals surface area contributed by atoms with Gasteiger partial charge in [-0.3, -0.25) is 4.79 Å². The van der Waals surface area contributed by atoms with Crippen LogP contribution >= 0.6 is 15.9 Å². The van der Waals surface area contributed by atoms with Crippen LogP contribution in [0.15, 0.2) is 30.3 Å². The van der Waals surface area contributed by atoms with Gasteiger partial charge in [0.25, 0.3) is 0 Å². The van der Waals surface area contributed by atoms with Crippen molar-refractivity contribution in [3.05, 3.63) is 35.9 Å². The van der Waals surface area contributed by atoms with Gasteiger partial charge in [-0.05, 0) is 18.9 Å². The number of hydrogen-bond donors (Lipinski definition) is 1. The van der Waals surface area contributed by atoms with Crippen molar-refractivity contribution in [2.45, 2.75) is 31.1 Å². The van der Waals surface area contributed by atoms with Gasteiger partial charge in [-0.25, -0.2) is 0 Å². The van der Waals surface area contributed by atoms with Gasteiger partial charge in [0.1, 0.15) is 0 Å². The quantitative estimate of drug-likeness (QED) is 0.837. The Hall–Kier alpha value is -0.830. The van der Waals surface area contributed by atoms with E-state index in [9.17, 15) is 4.79 Å². The van der Waals surface area contributed by atoms with Gasteiger partial charge in [0.2, 0.25) is 5.91 Å². The summed E-state index contributed by atoms with van der Waals surface area (Å²) in [5, 5.41) is 2.96. The van der Waals surface area contributed by atoms with E-state index >= 15 is 0 Å². The molecule has 1 aromatic rings. The molecule has 0 aliphatic rings. The Bertz CT molecular complexity index is 313. The van der Waals surface area contributed by atoms with Gasteiger partial charge < -0.3 is 5.32 Å². The van der Waals surface area contributed by atoms with Gasteiger partial charge in [-0.1, -0.05) is 53.2 Å². The summed E-state index contributed by atoms with van der Waals surface area (Å²) < 4.78 is 0. The highest BCUT2D eigenvalue weighted by Crippen LogP contribution is 2.13. The molecule has 2 atom stereocenters. The zero-order valence-electron chi connectivity index (χ0n) is 9.03. The maximum absolute atomic E-state index is 11.6. The minimum absolute atomic E-state index is 0.0499. The zero-order chi connectivity index (χ0) is 11.3. The summed E-state index contributed by atoms with van der Waals surface area (Å²) in [4.78, 5) is 11.5. The molecule has 0 unspecified atom stereocenters. The highest BCUT2D eigenvalue weighted by atomic mass is 79.9. The van der Waals surface area contributed by atoms with Crippen molar-refractivity contribution in [2.24, 2.45) is 0 Å². The van der Waals surface area contributed by atoms with Crippen LogP contribution in [0, 0.1) is 0 Å². The van der Waals surface area contributed by atoms with Crippen molar-refractivity contribution >= 4 is 21.8 Å². The van der Waals surface area contributed by atoms with Gasteiger partial charge >= 0.3 is 0 Å². The maximum Gasteiger partial charge on any atom is 0.234 e. The van der Waals surface area contributed by atoms with Gasteiger partial charge in [-0.15, -0.1) is 0 Å². The van der Waals surface area contributed by atoms with E-state index in [4.69, 9.17) is 0 Å². The number of nitrogens with one attached hydrogen (secondary N) is 1. The third-order valence-corrected chi connectivity index (χ3v) is 3.36. The van der Waals surface area contributed by atoms with Crippen LogP contribution in [0.25, 0.3) is 0 Å². The SMILES string of the molecule is CC[C@H](Br)C(=O)N[C@@H](C)c1ccccc1. The molecule has 3 heteroatoms. The average molecular weight is 270 g/mol. The normalized spacial score (nSPS) is 14.3. The molecule has 0 heterocycles. The molecule has 0 aliphatic heterocycles. The van der Waals surface area contributed by atoms with Crippen molar-refractivity contribution in [2.75, 3.05) is 0 Å². The van der Waals surface area contributed by atoms with E-state index in [0.717, 1.165) is 12.0 Å². The van der Waals surface area contributed by atoms with E-state index in [1.165, 1.54) is 0 Å². The first-order valence-corrected chi connectivity index (χ1v) is 6.06. The molecule has 0 saturated carbocycles. The van der Waals surface area contributed by atoms with E-state index < -0.39 is 0 Å². The molecule has 1 N–H and O–H groups in total. The van der Waals surface area contributed by atoms with Crippen molar-refractivity contribution in [3.63, 3.8) is 0 Å². The predicted octanol–water partition coefficient (Wildman–Crippen LogP) is 3.04. The van der Waals surface area contributed by atoms with Gasteiger partial charge in [-0.2, -0.15) is 0 Å². The van der Waals surface area contributed by atoms with Gasteiger partial charge in [0.05, 0.1) is 10.9 Å². The third-order valence-electron chi connectivity index (χ3n) is 2.30. The monoisotopic (exact) mass is 269 g/mol. The number of carbonyl (C=O) groups is 1. The van der Waals surface area contributed by atoms with Crippen molar-refractivity contribution < 1.29 is 4.79 Å². The van der Waals surface area contributed by atoms with Crippen LogP contribution in [0.1, 0.15) is 31.9 Å². The number of rotatable bonds is 4. The first kappa shape index (κ1) is 12.2. The van der Waals surface area contributed by atoms with E-state index in [1.54, 1.807) is 0 Å². The number of amides is 1. The molecule has 15 heavy (non-hydrogen) atoms. The summed E-state index contributed by atoms with van der Waals surface area (Å²) in [6, 6.07) is 10.0. The van der Waals surface area contributed by atoms with Crippen molar-refractivity contribution in [1.82, 2.24) is 5.32 Å². The topological polar surface area (TPSA) is 29.1 Å². The van der Waals surface area contributed by atoms with Crippen molar-refractivity contribution in [3.8, 4) is 0 Å². The number of benzene rings is 1. The number of hydrogen-bond acceptors (Lipinski definition) is 1. The molecular weight excluding hydrogens is 254 g/mol. The minimum atomic E-state index is -0.0938. The summed E-state index contributed by atoms with van der Waals surface area (Å²) >= 11 is 3.33. The molecule has 0 fully saturated rings. The number of halogens is 1. The highest BCUT2D eigenvalue weighted by molar-refractivity contribution is 9.10. The third kappa shape index (κ3) is 3.67. The lowest BCUT2D eigenvalue weighted by Gasteiger charge is -2.16. The van der Waals surface area contributed by atoms with E-state index in [0.29, 0.717) is 0 Å². The number of carbonyl (C=O) groups excluding carboxylic acids is 1. The fraction of sp³-hybridized carbons (Fsp3) is 0.417. The molecule has 0 bridgehead atoms. The van der Waals surface area contributed by atoms with Crippen molar-refractivity contribution in [1.29, 1.82) is 0 Å². The van der Waals surface area contributed by atoms with Crippen LogP contribution in [-0.4, -0.2) is 10.7 Å². The molecule has 1 rings (SSSR count). The lowest BCUT2D eigenvalue weighted by Crippen LogP contribution is -2.32. The predicted molar refractivity (Wildman–Crippen MR) is 66.0 cm³/mol. The summed E-state index contributed by atoms with van der Waals surface area (Å²) in [6.07, 6.45) is 0.799. The minimum Gasteiger partial charge on any atom is -0.349 e. The Labute approximate surface area is 99.2 Å². The molecule has 0 spiro atoms. The lowest BCUT2D eigenvalue weighted by molar-refractivity contribution is -0.121. The zero-order valence-corrected chi connectivity index (χ0v) is 10.6. The van der Waals surface area contributed by atoms with E-state index in [1.807, 2.05) is 44.2 Å². The summed E-state index contributed by atoms with van der Waals surface area (Å²) in [5.74, 6) is 0.0499. The molecule has 0 aliphatic carbocycles. The van der Waals surface area contributed by atoms with Crippen LogP contribution in [0.2, 0.25) is 0 Å². The Morgan fingerprint density at radius 3 is 2.53 bits per heavy atom. The summed E-state index contributed by atoms with van der Waals surface area (Å²) in [7, 11) is 0. The molecule has 2 nitrogen and oxygen atoms in total. The van der Waals surface area contributed by atoms with E-state index in [-0.39, 0.29) is 16.8 Å². The second-order valence-corrected chi connectivity index (χ2v) is 4.62. The Morgan fingerprint density at radius 1 is 1.40 bits per heavy atom. The van der Waals surface area contributed by atoms with Crippen LogP contribution in [0.5, 0.6) is 0 Å². The Morgan fingerprint density at radius 2 is 2.00 bits per heavy atom. The standard InChI is InChI=1S/C12H16BrNO/c1-3-11(13)12(15)14-9(2)10-7-5-4-6-8-10/h4-9,11H,3H2,1-2H3,(H,14,15)/t9-,11-/m0/s1. The number of alkyl halides is 1. The average Bonchev–Trinajstić information content (AvgIpc) is 2.29. The summed E-state index contributed by atoms with van der Waals surface area (Å²) in [5.41, 5.74) is 1.13. The first-order valence-electron chi connectivity index (χ1n) is 5.14. The summed E-state index contributed by atoms with van der Waals surface area (Å²) in [6.45, 7) is 3.97. The lowest BCUT2D eigenvalue weighted by atomic mass is 10.1. The molecule has 1 aromatic carbocycles. The second-order valence-electron chi connectivity index (χ2n) is 3.52. The molecular formula is C12H16BrNO. The van der Waals surface area contributed by atoms with Crippen LogP contribution in [-0.2, 0) is 4.79 Å². The molecule has 82 valence electrons. The highest BCUT2D eigenvalue weighted by Gasteiger charge is 2.15. The largest absolute Gasteiger partial charge is 0.349 e.